The molecule has 0 saturated heterocycles. The molecule has 0 aromatic heterocycles. The van der Waals surface area contributed by atoms with Gasteiger partial charge in [0.2, 0.25) is 0 Å². The first-order valence-electron chi connectivity index (χ1n) is 7.35. The van der Waals surface area contributed by atoms with Gasteiger partial charge in [-0.1, -0.05) is 23.2 Å². The fourth-order valence-corrected chi connectivity index (χ4v) is 4.08. The van der Waals surface area contributed by atoms with Crippen LogP contribution in [-0.2, 0) is 14.9 Å². The van der Waals surface area contributed by atoms with E-state index in [-0.39, 0.29) is 6.61 Å². The number of benzene rings is 2. The van der Waals surface area contributed by atoms with E-state index < -0.39 is 17.4 Å². The molecule has 0 radical (unpaired) electrons. The van der Waals surface area contributed by atoms with Crippen LogP contribution < -0.4 is 4.74 Å². The molecule has 1 spiro atoms. The van der Waals surface area contributed by atoms with Crippen LogP contribution in [0.4, 0.5) is 0 Å². The van der Waals surface area contributed by atoms with Crippen molar-refractivity contribution in [1.82, 2.24) is 0 Å². The highest BCUT2D eigenvalue weighted by molar-refractivity contribution is 6.31. The van der Waals surface area contributed by atoms with Gasteiger partial charge >= 0.3 is 11.9 Å². The molecular formula is C18H12Cl2O4. The Morgan fingerprint density at radius 1 is 0.958 bits per heavy atom. The van der Waals surface area contributed by atoms with Crippen LogP contribution in [0.2, 0.25) is 10.0 Å². The molecule has 0 saturated carbocycles. The number of halogens is 2. The Morgan fingerprint density at radius 3 is 2.29 bits per heavy atom. The third kappa shape index (κ3) is 1.87. The first kappa shape index (κ1) is 15.5. The van der Waals surface area contributed by atoms with Crippen molar-refractivity contribution in [2.75, 3.05) is 6.61 Å². The lowest BCUT2D eigenvalue weighted by atomic mass is 9.72. The number of rotatable bonds is 0. The molecule has 2 heterocycles. The minimum Gasteiger partial charge on any atom is -0.460 e. The highest BCUT2D eigenvalue weighted by atomic mass is 35.5. The SMILES string of the molecule is Cc1cc(Cl)cc2c1OC(=O)C21COC(=O)c2c(C)cc(Cl)cc21. The molecule has 4 nitrogen and oxygen atoms in total. The molecule has 0 N–H and O–H groups in total. The zero-order chi connectivity index (χ0) is 17.2. The van der Waals surface area contributed by atoms with Gasteiger partial charge in [-0.3, -0.25) is 4.79 Å². The zero-order valence-corrected chi connectivity index (χ0v) is 14.4. The van der Waals surface area contributed by atoms with Gasteiger partial charge in [0.15, 0.2) is 5.41 Å². The molecule has 6 heteroatoms. The van der Waals surface area contributed by atoms with E-state index >= 15 is 0 Å². The van der Waals surface area contributed by atoms with E-state index in [0.29, 0.717) is 38.0 Å². The highest BCUT2D eigenvalue weighted by Crippen LogP contribution is 2.50. The molecule has 2 aliphatic rings. The molecule has 2 aliphatic heterocycles. The number of carbonyl (C=O) groups is 2. The quantitative estimate of drug-likeness (QED) is 0.525. The summed E-state index contributed by atoms with van der Waals surface area (Å²) in [6.45, 7) is 3.44. The van der Waals surface area contributed by atoms with Crippen LogP contribution in [0.5, 0.6) is 5.75 Å². The van der Waals surface area contributed by atoms with Gasteiger partial charge in [-0.05, 0) is 54.8 Å². The molecule has 2 aromatic carbocycles. The molecule has 1 atom stereocenters. The van der Waals surface area contributed by atoms with E-state index in [4.69, 9.17) is 32.7 Å². The Hall–Kier alpha value is -2.04. The summed E-state index contributed by atoms with van der Waals surface area (Å²) in [7, 11) is 0. The second-order valence-electron chi connectivity index (χ2n) is 6.12. The zero-order valence-electron chi connectivity index (χ0n) is 12.9. The van der Waals surface area contributed by atoms with Crippen LogP contribution in [0.1, 0.15) is 32.6 Å². The first-order chi connectivity index (χ1) is 11.3. The maximum atomic E-state index is 12.9. The Kier molecular flexibility index (Phi) is 3.21. The monoisotopic (exact) mass is 362 g/mol. The van der Waals surface area contributed by atoms with Crippen LogP contribution in [0.3, 0.4) is 0 Å². The fourth-order valence-electron chi connectivity index (χ4n) is 3.54. The summed E-state index contributed by atoms with van der Waals surface area (Å²) >= 11 is 12.4. The second-order valence-corrected chi connectivity index (χ2v) is 6.99. The highest BCUT2D eigenvalue weighted by Gasteiger charge is 2.56. The molecule has 0 bridgehead atoms. The molecule has 0 aliphatic carbocycles. The Morgan fingerprint density at radius 2 is 1.58 bits per heavy atom. The van der Waals surface area contributed by atoms with Gasteiger partial charge in [-0.25, -0.2) is 4.79 Å². The molecule has 0 amide bonds. The van der Waals surface area contributed by atoms with E-state index in [9.17, 15) is 9.59 Å². The molecule has 4 rings (SSSR count). The molecule has 24 heavy (non-hydrogen) atoms. The maximum Gasteiger partial charge on any atom is 0.338 e. The van der Waals surface area contributed by atoms with E-state index in [1.807, 2.05) is 6.92 Å². The predicted octanol–water partition coefficient (Wildman–Crippen LogP) is 3.99. The predicted molar refractivity (Wildman–Crippen MR) is 89.1 cm³/mol. The van der Waals surface area contributed by atoms with Crippen LogP contribution >= 0.6 is 23.2 Å². The summed E-state index contributed by atoms with van der Waals surface area (Å²) in [5.74, 6) is -0.492. The van der Waals surface area contributed by atoms with Gasteiger partial charge in [-0.15, -0.1) is 0 Å². The van der Waals surface area contributed by atoms with Gasteiger partial charge in [0.05, 0.1) is 5.56 Å². The fraction of sp³-hybridized carbons (Fsp3) is 0.222. The molecule has 122 valence electrons. The average Bonchev–Trinajstić information content (AvgIpc) is 2.76. The number of esters is 2. The smallest absolute Gasteiger partial charge is 0.338 e. The number of hydrogen-bond donors (Lipinski definition) is 0. The Bertz CT molecular complexity index is 935. The van der Waals surface area contributed by atoms with Crippen molar-refractivity contribution in [2.45, 2.75) is 19.3 Å². The van der Waals surface area contributed by atoms with Gasteiger partial charge in [0.25, 0.3) is 0 Å². The molecular weight excluding hydrogens is 351 g/mol. The lowest BCUT2D eigenvalue weighted by molar-refractivity contribution is -0.138. The summed E-state index contributed by atoms with van der Waals surface area (Å²) in [6.07, 6.45) is 0. The van der Waals surface area contributed by atoms with Crippen molar-refractivity contribution in [1.29, 1.82) is 0 Å². The second kappa shape index (κ2) is 4.98. The van der Waals surface area contributed by atoms with Crippen LogP contribution in [0.15, 0.2) is 24.3 Å². The van der Waals surface area contributed by atoms with Crippen molar-refractivity contribution >= 4 is 35.1 Å². The lowest BCUT2D eigenvalue weighted by Gasteiger charge is -2.33. The van der Waals surface area contributed by atoms with Crippen LogP contribution in [-0.4, -0.2) is 18.5 Å². The standard InChI is InChI=1S/C18H12Cl2O4/c1-8-3-10(19)5-12-14(8)16(21)23-7-18(12)13-6-11(20)4-9(2)15(13)24-17(18)22/h3-6H,7H2,1-2H3. The van der Waals surface area contributed by atoms with Gasteiger partial charge in [-0.2, -0.15) is 0 Å². The van der Waals surface area contributed by atoms with E-state index in [2.05, 4.69) is 0 Å². The molecule has 1 unspecified atom stereocenters. The van der Waals surface area contributed by atoms with Gasteiger partial charge < -0.3 is 9.47 Å². The van der Waals surface area contributed by atoms with E-state index in [0.717, 1.165) is 5.56 Å². The maximum absolute atomic E-state index is 12.9. The third-order valence-electron chi connectivity index (χ3n) is 4.63. The Balaban J connectivity index is 2.11. The van der Waals surface area contributed by atoms with Crippen molar-refractivity contribution in [3.05, 3.63) is 62.1 Å². The number of hydrogen-bond acceptors (Lipinski definition) is 4. The minimum atomic E-state index is -1.23. The minimum absolute atomic E-state index is 0.135. The van der Waals surface area contributed by atoms with E-state index in [1.165, 1.54) is 0 Å². The lowest BCUT2D eigenvalue weighted by Crippen LogP contribution is -2.45. The normalized spacial score (nSPS) is 21.3. The summed E-state index contributed by atoms with van der Waals surface area (Å²) in [6, 6.07) is 6.72. The summed E-state index contributed by atoms with van der Waals surface area (Å²) in [4.78, 5) is 25.1. The van der Waals surface area contributed by atoms with Crippen molar-refractivity contribution in [3.63, 3.8) is 0 Å². The summed E-state index contributed by atoms with van der Waals surface area (Å²) in [5, 5.41) is 0.932. The number of cyclic esters (lactones) is 1. The number of carbonyl (C=O) groups excluding carboxylic acids is 2. The summed E-state index contributed by atoms with van der Waals surface area (Å²) < 4.78 is 10.9. The van der Waals surface area contributed by atoms with Gasteiger partial charge in [0.1, 0.15) is 12.4 Å². The molecule has 0 fully saturated rings. The topological polar surface area (TPSA) is 52.6 Å². The largest absolute Gasteiger partial charge is 0.460 e. The Labute approximate surface area is 148 Å². The van der Waals surface area contributed by atoms with Crippen molar-refractivity contribution in [2.24, 2.45) is 0 Å². The van der Waals surface area contributed by atoms with Crippen LogP contribution in [0.25, 0.3) is 0 Å². The molecule has 2 aromatic rings. The first-order valence-corrected chi connectivity index (χ1v) is 8.11. The van der Waals surface area contributed by atoms with Gasteiger partial charge in [0, 0.05) is 15.6 Å². The number of aryl methyl sites for hydroxylation is 2. The number of fused-ring (bicyclic) bond motifs is 4. The number of ether oxygens (including phenoxy) is 2. The van der Waals surface area contributed by atoms with Crippen molar-refractivity contribution in [3.8, 4) is 5.75 Å². The van der Waals surface area contributed by atoms with Crippen molar-refractivity contribution < 1.29 is 19.1 Å². The summed E-state index contributed by atoms with van der Waals surface area (Å²) in [5.41, 5.74) is 1.64. The van der Waals surface area contributed by atoms with E-state index in [1.54, 1.807) is 31.2 Å². The average molecular weight is 363 g/mol. The third-order valence-corrected chi connectivity index (χ3v) is 5.06. The van der Waals surface area contributed by atoms with Crippen LogP contribution in [0, 0.1) is 13.8 Å².